The SMILES string of the molecule is CC[C@H]1[C@@H](O)C2C3CC[C@H]([C@H](C)CCc4nnn[nH]4)[C@@]3(C)[C@@H](O)CC2[C@@]2(C)CC[C@@H](O)C[C@@H]12. The van der Waals surface area contributed by atoms with Crippen LogP contribution >= 0.6 is 0 Å². The van der Waals surface area contributed by atoms with Gasteiger partial charge in [-0.15, -0.1) is 5.10 Å². The number of hydrogen-bond donors (Lipinski definition) is 4. The molecule has 1 heterocycles. The quantitative estimate of drug-likeness (QED) is 0.536. The molecule has 5 rings (SSSR count). The van der Waals surface area contributed by atoms with E-state index in [1.807, 2.05) is 0 Å². The molecule has 0 spiro atoms. The maximum atomic E-state index is 11.8. The predicted octanol–water partition coefficient (Wildman–Crippen LogP) is 3.37. The van der Waals surface area contributed by atoms with E-state index in [0.717, 1.165) is 63.6 Å². The normalized spacial score (nSPS) is 50.3. The molecule has 0 radical (unpaired) electrons. The maximum Gasteiger partial charge on any atom is 0.148 e. The van der Waals surface area contributed by atoms with Crippen LogP contribution in [-0.2, 0) is 6.42 Å². The van der Waals surface area contributed by atoms with Crippen molar-refractivity contribution in [1.82, 2.24) is 20.6 Å². The molecule has 0 bridgehead atoms. The smallest absolute Gasteiger partial charge is 0.148 e. The Hall–Kier alpha value is -1.05. The first-order valence-electron chi connectivity index (χ1n) is 13.5. The molecular formula is C26H44N4O3. The first kappa shape index (κ1) is 23.7. The second kappa shape index (κ2) is 8.56. The number of fused-ring (bicyclic) bond motifs is 5. The lowest BCUT2D eigenvalue weighted by atomic mass is 9.41. The van der Waals surface area contributed by atoms with E-state index in [4.69, 9.17) is 0 Å². The molecule has 4 aliphatic rings. The van der Waals surface area contributed by atoms with E-state index in [-0.39, 0.29) is 41.0 Å². The van der Waals surface area contributed by atoms with Gasteiger partial charge in [0.25, 0.3) is 0 Å². The van der Waals surface area contributed by atoms with E-state index in [2.05, 4.69) is 48.3 Å². The summed E-state index contributed by atoms with van der Waals surface area (Å²) in [5.41, 5.74) is -0.0496. The molecule has 0 aromatic carbocycles. The molecule has 4 aliphatic carbocycles. The highest BCUT2D eigenvalue weighted by atomic mass is 16.3. The third-order valence-corrected chi connectivity index (χ3v) is 11.5. The zero-order valence-corrected chi connectivity index (χ0v) is 20.8. The van der Waals surface area contributed by atoms with Gasteiger partial charge >= 0.3 is 0 Å². The van der Waals surface area contributed by atoms with Crippen molar-refractivity contribution in [3.63, 3.8) is 0 Å². The highest BCUT2D eigenvalue weighted by Gasteiger charge is 2.67. The van der Waals surface area contributed by atoms with E-state index in [1.54, 1.807) is 0 Å². The Labute approximate surface area is 198 Å². The lowest BCUT2D eigenvalue weighted by molar-refractivity contribution is -0.228. The summed E-state index contributed by atoms with van der Waals surface area (Å²) in [6.45, 7) is 9.29. The summed E-state index contributed by atoms with van der Waals surface area (Å²) in [4.78, 5) is 0. The number of H-pyrrole nitrogens is 1. The summed E-state index contributed by atoms with van der Waals surface area (Å²) in [6, 6.07) is 0. The van der Waals surface area contributed by atoms with Crippen LogP contribution in [-0.4, -0.2) is 54.3 Å². The molecular weight excluding hydrogens is 416 g/mol. The van der Waals surface area contributed by atoms with Crippen LogP contribution in [0.1, 0.15) is 84.9 Å². The minimum absolute atomic E-state index is 0.106. The Balaban J connectivity index is 1.42. The molecule has 3 unspecified atom stereocenters. The number of rotatable bonds is 5. The van der Waals surface area contributed by atoms with Crippen molar-refractivity contribution in [1.29, 1.82) is 0 Å². The van der Waals surface area contributed by atoms with Crippen LogP contribution in [0.4, 0.5) is 0 Å². The summed E-state index contributed by atoms with van der Waals surface area (Å²) in [7, 11) is 0. The van der Waals surface area contributed by atoms with Crippen LogP contribution in [0, 0.1) is 52.3 Å². The number of aliphatic hydroxyl groups is 3. The zero-order chi connectivity index (χ0) is 23.5. The molecule has 1 aromatic rings. The summed E-state index contributed by atoms with van der Waals surface area (Å²) >= 11 is 0. The largest absolute Gasteiger partial charge is 0.393 e. The van der Waals surface area contributed by atoms with Crippen LogP contribution in [0.5, 0.6) is 0 Å². The summed E-state index contributed by atoms with van der Waals surface area (Å²) in [6.07, 6.45) is 7.61. The standard InChI is InChI=1S/C26H44N4O3/c1-5-16-19-12-15(31)10-11-25(19,3)20-13-21(32)26(4)17(7-8-18(26)23(20)24(16)33)14(2)6-9-22-27-29-30-28-22/h14-21,23-24,31-33H,5-13H2,1-4H3,(H,27,28,29,30)/t14-,15-,16-,17-,18?,19+,20?,21+,23?,24-,25+,26-/m1/s1. The van der Waals surface area contributed by atoms with Crippen LogP contribution in [0.25, 0.3) is 0 Å². The second-order valence-electron chi connectivity index (χ2n) is 12.6. The molecule has 12 atom stereocenters. The van der Waals surface area contributed by atoms with Gasteiger partial charge in [-0.3, -0.25) is 0 Å². The molecule has 186 valence electrons. The van der Waals surface area contributed by atoms with Gasteiger partial charge in [-0.2, -0.15) is 0 Å². The van der Waals surface area contributed by atoms with Crippen molar-refractivity contribution < 1.29 is 15.3 Å². The average molecular weight is 461 g/mol. The third kappa shape index (κ3) is 3.51. The number of aliphatic hydroxyl groups excluding tert-OH is 3. The topological polar surface area (TPSA) is 115 Å². The van der Waals surface area contributed by atoms with E-state index in [9.17, 15) is 15.3 Å². The van der Waals surface area contributed by atoms with Crippen molar-refractivity contribution in [3.05, 3.63) is 5.82 Å². The second-order valence-corrected chi connectivity index (χ2v) is 12.6. The highest BCUT2D eigenvalue weighted by molar-refractivity contribution is 5.15. The van der Waals surface area contributed by atoms with Gasteiger partial charge in [-0.05, 0) is 108 Å². The van der Waals surface area contributed by atoms with Gasteiger partial charge in [0, 0.05) is 6.42 Å². The molecule has 0 amide bonds. The van der Waals surface area contributed by atoms with Crippen molar-refractivity contribution in [3.8, 4) is 0 Å². The third-order valence-electron chi connectivity index (χ3n) is 11.5. The number of nitrogens with one attached hydrogen (secondary N) is 1. The van der Waals surface area contributed by atoms with Crippen molar-refractivity contribution >= 4 is 0 Å². The van der Waals surface area contributed by atoms with Crippen LogP contribution in [0.15, 0.2) is 0 Å². The van der Waals surface area contributed by atoms with E-state index in [0.29, 0.717) is 29.6 Å². The Morgan fingerprint density at radius 1 is 1.06 bits per heavy atom. The van der Waals surface area contributed by atoms with Gasteiger partial charge in [0.1, 0.15) is 5.82 Å². The van der Waals surface area contributed by atoms with Gasteiger partial charge < -0.3 is 15.3 Å². The summed E-state index contributed by atoms with van der Waals surface area (Å²) in [5.74, 6) is 3.31. The highest BCUT2D eigenvalue weighted by Crippen LogP contribution is 2.69. The monoisotopic (exact) mass is 460 g/mol. The fraction of sp³-hybridized carbons (Fsp3) is 0.962. The number of tetrazole rings is 1. The van der Waals surface area contributed by atoms with E-state index in [1.165, 1.54) is 0 Å². The minimum atomic E-state index is -0.333. The Kier molecular flexibility index (Phi) is 6.14. The number of nitrogens with zero attached hydrogens (tertiary/aromatic N) is 3. The van der Waals surface area contributed by atoms with Gasteiger partial charge in [-0.25, -0.2) is 5.10 Å². The van der Waals surface area contributed by atoms with E-state index < -0.39 is 0 Å². The van der Waals surface area contributed by atoms with Gasteiger partial charge in [0.2, 0.25) is 0 Å². The molecule has 1 aromatic heterocycles. The van der Waals surface area contributed by atoms with Crippen LogP contribution in [0.2, 0.25) is 0 Å². The fourth-order valence-corrected chi connectivity index (χ4v) is 9.74. The summed E-state index contributed by atoms with van der Waals surface area (Å²) in [5, 5.41) is 48.3. The molecule has 4 saturated carbocycles. The Morgan fingerprint density at radius 2 is 1.85 bits per heavy atom. The van der Waals surface area contributed by atoms with E-state index >= 15 is 0 Å². The maximum absolute atomic E-state index is 11.8. The van der Waals surface area contributed by atoms with Gasteiger partial charge in [0.15, 0.2) is 0 Å². The number of aromatic amines is 1. The molecule has 33 heavy (non-hydrogen) atoms. The lowest BCUT2D eigenvalue weighted by Gasteiger charge is -2.65. The van der Waals surface area contributed by atoms with Gasteiger partial charge in [-0.1, -0.05) is 34.1 Å². The first-order chi connectivity index (χ1) is 15.7. The molecule has 4 fully saturated rings. The number of aromatic nitrogens is 4. The Morgan fingerprint density at radius 3 is 2.55 bits per heavy atom. The number of hydrogen-bond acceptors (Lipinski definition) is 6. The van der Waals surface area contributed by atoms with Crippen LogP contribution < -0.4 is 0 Å². The molecule has 4 N–H and O–H groups in total. The molecule has 7 nitrogen and oxygen atoms in total. The number of aryl methyl sites for hydroxylation is 1. The summed E-state index contributed by atoms with van der Waals surface area (Å²) < 4.78 is 0. The molecule has 0 saturated heterocycles. The lowest BCUT2D eigenvalue weighted by Crippen LogP contribution is -2.65. The fourth-order valence-electron chi connectivity index (χ4n) is 9.74. The zero-order valence-electron chi connectivity index (χ0n) is 20.8. The average Bonchev–Trinajstić information content (AvgIpc) is 3.43. The minimum Gasteiger partial charge on any atom is -0.393 e. The predicted molar refractivity (Wildman–Crippen MR) is 125 cm³/mol. The molecule has 7 heteroatoms. The van der Waals surface area contributed by atoms with Crippen LogP contribution in [0.3, 0.4) is 0 Å². The Bertz CT molecular complexity index is 820. The van der Waals surface area contributed by atoms with Crippen molar-refractivity contribution in [2.75, 3.05) is 0 Å². The molecule has 0 aliphatic heterocycles. The van der Waals surface area contributed by atoms with Gasteiger partial charge in [0.05, 0.1) is 18.3 Å². The van der Waals surface area contributed by atoms with Crippen molar-refractivity contribution in [2.24, 2.45) is 52.3 Å². The first-order valence-corrected chi connectivity index (χ1v) is 13.5. The van der Waals surface area contributed by atoms with Crippen molar-refractivity contribution in [2.45, 2.75) is 104 Å².